The number of carbonyl (C=O) groups is 3. The Morgan fingerprint density at radius 3 is 2.54 bits per heavy atom. The molecule has 0 aliphatic carbocycles. The fourth-order valence-electron chi connectivity index (χ4n) is 9.78. The number of unbranched alkanes of at least 4 members (excludes halogenated alkanes) is 4. The van der Waals surface area contributed by atoms with E-state index in [1.54, 1.807) is 31.4 Å². The first-order valence-corrected chi connectivity index (χ1v) is 22.5. The third-order valence-corrected chi connectivity index (χ3v) is 13.2. The Kier molecular flexibility index (Phi) is 16.0. The number of hydrogen-bond acceptors (Lipinski definition) is 10. The molecule has 0 bridgehead atoms. The number of likely N-dealkylation sites (tertiary alicyclic amines) is 1. The van der Waals surface area contributed by atoms with E-state index in [-0.39, 0.29) is 67.3 Å². The van der Waals surface area contributed by atoms with Crippen molar-refractivity contribution in [1.82, 2.24) is 30.0 Å². The molecule has 334 valence electrons. The molecule has 0 radical (unpaired) electrons. The molecule has 3 unspecified atom stereocenters. The Balaban J connectivity index is 0.00000595. The van der Waals surface area contributed by atoms with Crippen LogP contribution in [0.25, 0.3) is 22.0 Å². The molecule has 3 amide bonds. The number of nitrogens with one attached hydrogen (secondary N) is 1. The summed E-state index contributed by atoms with van der Waals surface area (Å²) in [4.78, 5) is 54.3. The van der Waals surface area contributed by atoms with Gasteiger partial charge in [0.05, 0.1) is 30.0 Å². The van der Waals surface area contributed by atoms with E-state index in [4.69, 9.17) is 21.1 Å². The Hall–Kier alpha value is -3.89. The molecule has 1 aromatic heterocycles. The van der Waals surface area contributed by atoms with Crippen LogP contribution in [0.15, 0.2) is 42.7 Å². The number of ether oxygens (including phenoxy) is 2. The van der Waals surface area contributed by atoms with Crippen LogP contribution in [0, 0.1) is 17.7 Å². The first-order valence-electron chi connectivity index (χ1n) is 22.1. The minimum Gasteiger partial charge on any atom is -0.503 e. The van der Waals surface area contributed by atoms with Crippen LogP contribution in [0.5, 0.6) is 5.75 Å². The number of piperazine rings is 1. The Morgan fingerprint density at radius 2 is 1.76 bits per heavy atom. The van der Waals surface area contributed by atoms with Gasteiger partial charge in [0, 0.05) is 90.6 Å². The third-order valence-electron chi connectivity index (χ3n) is 12.9. The van der Waals surface area contributed by atoms with Gasteiger partial charge in [0.15, 0.2) is 0 Å². The number of piperidine rings is 2. The summed E-state index contributed by atoms with van der Waals surface area (Å²) in [6.45, 7) is 8.08. The summed E-state index contributed by atoms with van der Waals surface area (Å²) >= 11 is 6.86. The number of halogens is 3. The van der Waals surface area contributed by atoms with E-state index in [1.165, 1.54) is 18.5 Å². The van der Waals surface area contributed by atoms with Crippen molar-refractivity contribution in [1.29, 1.82) is 0 Å². The van der Waals surface area contributed by atoms with Crippen LogP contribution in [0.4, 0.5) is 14.6 Å². The topological polar surface area (TPSA) is 120 Å². The van der Waals surface area contributed by atoms with Crippen LogP contribution in [0.3, 0.4) is 0 Å². The monoisotopic (exact) mass is 1050 g/mol. The van der Waals surface area contributed by atoms with Crippen LogP contribution < -0.4 is 15.0 Å². The summed E-state index contributed by atoms with van der Waals surface area (Å²) in [5.74, 6) is 0.0857. The maximum absolute atomic E-state index is 15.5. The van der Waals surface area contributed by atoms with Crippen LogP contribution in [0.2, 0.25) is 5.02 Å². The van der Waals surface area contributed by atoms with Crippen molar-refractivity contribution >= 4 is 46.0 Å². The van der Waals surface area contributed by atoms with Gasteiger partial charge >= 0.3 is 0 Å². The molecule has 5 heterocycles. The normalized spacial score (nSPS) is 20.7. The van der Waals surface area contributed by atoms with Crippen molar-refractivity contribution in [3.05, 3.63) is 82.1 Å². The third kappa shape index (κ3) is 10.5. The zero-order chi connectivity index (χ0) is 43.3. The second kappa shape index (κ2) is 21.4. The van der Waals surface area contributed by atoms with Crippen molar-refractivity contribution in [2.45, 2.75) is 95.9 Å². The molecule has 0 spiro atoms. The number of amides is 3. The molecule has 16 heteroatoms. The van der Waals surface area contributed by atoms with Crippen molar-refractivity contribution in [2.24, 2.45) is 0 Å². The quantitative estimate of drug-likeness (QED) is 0.0553. The molecule has 3 saturated heterocycles. The molecule has 1 N–H and O–H groups in total. The van der Waals surface area contributed by atoms with E-state index in [1.807, 2.05) is 16.7 Å². The molecule has 4 aliphatic heterocycles. The fraction of sp³-hybridized carbons (Fsp3) is 0.511. The summed E-state index contributed by atoms with van der Waals surface area (Å²) in [5, 5.41) is 3.49. The number of rotatable bonds is 15. The van der Waals surface area contributed by atoms with Crippen molar-refractivity contribution < 1.29 is 58.5 Å². The number of fused-ring (bicyclic) bond motifs is 2. The average Bonchev–Trinajstić information content (AvgIpc) is 3.64. The molecule has 3 aromatic carbocycles. The molecule has 3 fully saturated rings. The number of hydrogen-bond donors (Lipinski definition) is 1. The van der Waals surface area contributed by atoms with Gasteiger partial charge in [-0.1, -0.05) is 32.3 Å². The smallest absolute Gasteiger partial charge is 0.244 e. The zero-order valence-electron chi connectivity index (χ0n) is 36.1. The predicted molar refractivity (Wildman–Crippen MR) is 233 cm³/mol. The molecule has 12 nitrogen and oxygen atoms in total. The second-order valence-electron chi connectivity index (χ2n) is 16.8. The summed E-state index contributed by atoms with van der Waals surface area (Å²) in [6, 6.07) is 12.5. The van der Waals surface area contributed by atoms with Gasteiger partial charge in [0.1, 0.15) is 18.4 Å². The number of carbonyl (C=O) groups excluding carboxylic acids is 3. The number of aromatic nitrogens is 2. The summed E-state index contributed by atoms with van der Waals surface area (Å²) in [6.07, 6.45) is 9.03. The zero-order valence-corrected chi connectivity index (χ0v) is 40.4. The largest absolute Gasteiger partial charge is 0.503 e. The second-order valence-corrected chi connectivity index (χ2v) is 17.2. The molecule has 63 heavy (non-hydrogen) atoms. The molecule has 4 aliphatic rings. The number of benzene rings is 3. The van der Waals surface area contributed by atoms with Gasteiger partial charge in [-0.15, -0.1) is 29.3 Å². The standard InChI is InChI=1S/C47H55ClF2N7O5.Hf/c1-3-43(59)55-18-20-56(21-19-55)45-35-25-37(48)34(26-39(35)51-29-52-45)44-38(50)12-9-13-41(44)62-22-8-6-4-5-7-16-54-17-10-11-30(27-54)32-23-31(49)24-33-36(32)28-57(47(33)61-2)40-14-15-42(58)53-46(40)60;/h9,12-13,23-25,29-30,40,47H,3-8,10-11,14-22,27-28H2,1-2H3,(H,53,58,60);/q-1;. The molecular formula is C47H55ClF2HfN7O5-. The van der Waals surface area contributed by atoms with Crippen molar-refractivity contribution in [3.8, 4) is 16.9 Å². The van der Waals surface area contributed by atoms with Gasteiger partial charge in [-0.25, -0.2) is 13.8 Å². The molecule has 0 saturated carbocycles. The molecular weight excluding hydrogens is 994 g/mol. The number of methoxy groups -OCH3 is 1. The first kappa shape index (κ1) is 47.1. The van der Waals surface area contributed by atoms with E-state index < -0.39 is 18.1 Å². The Labute approximate surface area is 391 Å². The van der Waals surface area contributed by atoms with Crippen LogP contribution in [-0.2, 0) is 51.5 Å². The Bertz CT molecular complexity index is 2300. The van der Waals surface area contributed by atoms with Crippen LogP contribution in [0.1, 0.15) is 100.0 Å². The Morgan fingerprint density at radius 1 is 0.984 bits per heavy atom. The van der Waals surface area contributed by atoms with Crippen LogP contribution >= 0.6 is 11.6 Å². The van der Waals surface area contributed by atoms with Gasteiger partial charge in [0.25, 0.3) is 0 Å². The minimum atomic E-state index is -0.547. The first-order chi connectivity index (χ1) is 30.1. The fourth-order valence-corrected chi connectivity index (χ4v) is 10.0. The minimum absolute atomic E-state index is 0. The number of imide groups is 1. The van der Waals surface area contributed by atoms with E-state index in [0.29, 0.717) is 85.2 Å². The van der Waals surface area contributed by atoms with Crippen LogP contribution in [-0.4, -0.2) is 108 Å². The number of anilines is 1. The van der Waals surface area contributed by atoms with Gasteiger partial charge in [-0.3, -0.25) is 29.6 Å². The van der Waals surface area contributed by atoms with Gasteiger partial charge in [-0.05, 0) is 108 Å². The molecule has 3 atom stereocenters. The van der Waals surface area contributed by atoms with E-state index in [9.17, 15) is 14.4 Å². The predicted octanol–water partition coefficient (Wildman–Crippen LogP) is 7.56. The average molecular weight is 1050 g/mol. The molecule has 8 rings (SSSR count). The summed E-state index contributed by atoms with van der Waals surface area (Å²) in [7, 11) is 1.58. The van der Waals surface area contributed by atoms with Gasteiger partial charge in [0.2, 0.25) is 17.7 Å². The SMILES string of the molecule is CCC(=O)N1CCN(c2ncnc3[c-]c(-c4c(F)cccc4OCCCCCCCN4CCCC(c5cc(F)cc6c5CN(C5CCC(=O)NC5=O)C6OC)C4)c(Cl)cc23)CC1.[Hf]. The maximum Gasteiger partial charge on any atom is 0.244 e. The van der Waals surface area contributed by atoms with E-state index >= 15 is 8.78 Å². The van der Waals surface area contributed by atoms with Crippen molar-refractivity contribution in [3.63, 3.8) is 0 Å². The summed E-state index contributed by atoms with van der Waals surface area (Å²) in [5.41, 5.74) is 3.96. The van der Waals surface area contributed by atoms with Gasteiger partial charge in [-0.2, -0.15) is 0 Å². The maximum atomic E-state index is 15.5. The van der Waals surface area contributed by atoms with Crippen molar-refractivity contribution in [2.75, 3.05) is 64.4 Å². The van der Waals surface area contributed by atoms with E-state index in [2.05, 4.69) is 31.2 Å². The summed E-state index contributed by atoms with van der Waals surface area (Å²) < 4.78 is 42.7. The van der Waals surface area contributed by atoms with E-state index in [0.717, 1.165) is 81.3 Å². The number of nitrogens with zero attached hydrogens (tertiary/aromatic N) is 6. The van der Waals surface area contributed by atoms with Gasteiger partial charge < -0.3 is 24.2 Å². The molecule has 4 aromatic rings.